The van der Waals surface area contributed by atoms with Crippen LogP contribution in [0.2, 0.25) is 0 Å². The summed E-state index contributed by atoms with van der Waals surface area (Å²) in [5, 5.41) is 4.92. The zero-order valence-electron chi connectivity index (χ0n) is 12.8. The Labute approximate surface area is 133 Å². The van der Waals surface area contributed by atoms with Gasteiger partial charge in [-0.2, -0.15) is 0 Å². The highest BCUT2D eigenvalue weighted by molar-refractivity contribution is 7.15. The molecule has 1 fully saturated rings. The van der Waals surface area contributed by atoms with E-state index in [9.17, 15) is 9.59 Å². The van der Waals surface area contributed by atoms with Crippen molar-refractivity contribution in [3.8, 4) is 0 Å². The van der Waals surface area contributed by atoms with Gasteiger partial charge in [0.2, 0.25) is 5.91 Å². The molecule has 0 atom stereocenters. The fraction of sp³-hybridized carbons (Fsp3) is 0.562. The molecule has 2 aromatic rings. The molecule has 1 aliphatic carbocycles. The van der Waals surface area contributed by atoms with Crippen molar-refractivity contribution in [3.05, 3.63) is 33.2 Å². The van der Waals surface area contributed by atoms with E-state index in [2.05, 4.69) is 10.3 Å². The first-order chi connectivity index (χ1) is 10.6. The van der Waals surface area contributed by atoms with Gasteiger partial charge >= 0.3 is 0 Å². The number of rotatable bonds is 5. The molecule has 0 saturated heterocycles. The van der Waals surface area contributed by atoms with E-state index in [0.717, 1.165) is 16.3 Å². The Morgan fingerprint density at radius 1 is 1.45 bits per heavy atom. The Hall–Kier alpha value is -1.69. The summed E-state index contributed by atoms with van der Waals surface area (Å²) < 4.78 is 1.64. The summed E-state index contributed by atoms with van der Waals surface area (Å²) in [4.78, 5) is 29.0. The first-order valence-corrected chi connectivity index (χ1v) is 8.75. The van der Waals surface area contributed by atoms with Crippen LogP contribution in [0, 0.1) is 12.8 Å². The zero-order valence-corrected chi connectivity index (χ0v) is 13.6. The number of nitrogens with zero attached hydrogens (tertiary/aromatic N) is 2. The quantitative estimate of drug-likeness (QED) is 0.920. The van der Waals surface area contributed by atoms with Crippen LogP contribution in [0.25, 0.3) is 4.96 Å². The number of carbonyl (C=O) groups excluding carboxylic acids is 1. The standard InChI is InChI=1S/C16H21N3O2S/c1-11-8-15(21)19-13(10-22-16(19)18-11)6-7-17-14(20)9-12-4-2-3-5-12/h8,10,12H,2-7,9H2,1H3,(H,17,20). The Morgan fingerprint density at radius 2 is 2.23 bits per heavy atom. The van der Waals surface area contributed by atoms with E-state index < -0.39 is 0 Å². The van der Waals surface area contributed by atoms with E-state index in [0.29, 0.717) is 25.3 Å². The lowest BCUT2D eigenvalue weighted by Crippen LogP contribution is -2.28. The second-order valence-electron chi connectivity index (χ2n) is 6.04. The van der Waals surface area contributed by atoms with Gasteiger partial charge in [0, 0.05) is 42.2 Å². The molecule has 1 saturated carbocycles. The molecule has 0 unspecified atom stereocenters. The minimum Gasteiger partial charge on any atom is -0.356 e. The molecule has 22 heavy (non-hydrogen) atoms. The van der Waals surface area contributed by atoms with Crippen molar-refractivity contribution < 1.29 is 4.79 Å². The molecular weight excluding hydrogens is 298 g/mol. The molecule has 0 radical (unpaired) electrons. The highest BCUT2D eigenvalue weighted by Gasteiger charge is 2.18. The maximum Gasteiger partial charge on any atom is 0.258 e. The van der Waals surface area contributed by atoms with Crippen molar-refractivity contribution in [2.45, 2.75) is 45.4 Å². The van der Waals surface area contributed by atoms with Gasteiger partial charge in [-0.1, -0.05) is 12.8 Å². The molecule has 0 aromatic carbocycles. The third-order valence-corrected chi connectivity index (χ3v) is 5.13. The largest absolute Gasteiger partial charge is 0.356 e. The molecule has 0 bridgehead atoms. The van der Waals surface area contributed by atoms with Crippen LogP contribution in [-0.4, -0.2) is 21.8 Å². The van der Waals surface area contributed by atoms with E-state index in [4.69, 9.17) is 0 Å². The molecule has 2 heterocycles. The zero-order chi connectivity index (χ0) is 15.5. The van der Waals surface area contributed by atoms with Gasteiger partial charge in [-0.25, -0.2) is 4.98 Å². The van der Waals surface area contributed by atoms with Crippen LogP contribution in [0.15, 0.2) is 16.2 Å². The molecule has 1 amide bonds. The first kappa shape index (κ1) is 15.2. The Kier molecular flexibility index (Phi) is 4.57. The molecule has 3 rings (SSSR count). The van der Waals surface area contributed by atoms with Crippen LogP contribution >= 0.6 is 11.3 Å². The second kappa shape index (κ2) is 6.60. The minimum atomic E-state index is -0.0453. The third-order valence-electron chi connectivity index (χ3n) is 4.26. The number of carbonyl (C=O) groups is 1. The molecular formula is C16H21N3O2S. The van der Waals surface area contributed by atoms with Crippen molar-refractivity contribution in [1.29, 1.82) is 0 Å². The summed E-state index contributed by atoms with van der Waals surface area (Å²) in [6, 6.07) is 1.54. The molecule has 6 heteroatoms. The van der Waals surface area contributed by atoms with Crippen LogP contribution in [0.5, 0.6) is 0 Å². The molecule has 0 spiro atoms. The van der Waals surface area contributed by atoms with E-state index in [1.807, 2.05) is 12.3 Å². The molecule has 5 nitrogen and oxygen atoms in total. The summed E-state index contributed by atoms with van der Waals surface area (Å²) in [7, 11) is 0. The predicted octanol–water partition coefficient (Wildman–Crippen LogP) is 2.30. The lowest BCUT2D eigenvalue weighted by molar-refractivity contribution is -0.121. The second-order valence-corrected chi connectivity index (χ2v) is 6.87. The lowest BCUT2D eigenvalue weighted by Gasteiger charge is -2.09. The molecule has 2 aromatic heterocycles. The highest BCUT2D eigenvalue weighted by atomic mass is 32.1. The molecule has 0 aliphatic heterocycles. The Morgan fingerprint density at radius 3 is 3.00 bits per heavy atom. The van der Waals surface area contributed by atoms with Crippen LogP contribution in [-0.2, 0) is 11.2 Å². The molecule has 118 valence electrons. The molecule has 1 N–H and O–H groups in total. The monoisotopic (exact) mass is 319 g/mol. The number of aromatic nitrogens is 2. The van der Waals surface area contributed by atoms with Crippen molar-refractivity contribution in [2.75, 3.05) is 6.54 Å². The lowest BCUT2D eigenvalue weighted by atomic mass is 10.0. The van der Waals surface area contributed by atoms with Crippen LogP contribution in [0.1, 0.15) is 43.5 Å². The number of thiazole rings is 1. The van der Waals surface area contributed by atoms with Gasteiger partial charge in [-0.05, 0) is 25.7 Å². The van der Waals surface area contributed by atoms with Gasteiger partial charge in [-0.3, -0.25) is 14.0 Å². The summed E-state index contributed by atoms with van der Waals surface area (Å²) >= 11 is 1.47. The minimum absolute atomic E-state index is 0.0453. The number of fused-ring (bicyclic) bond motifs is 1. The van der Waals surface area contributed by atoms with Gasteiger partial charge in [-0.15, -0.1) is 11.3 Å². The maximum absolute atomic E-state index is 12.1. The highest BCUT2D eigenvalue weighted by Crippen LogP contribution is 2.27. The van der Waals surface area contributed by atoms with Crippen molar-refractivity contribution in [1.82, 2.24) is 14.7 Å². The van der Waals surface area contributed by atoms with Gasteiger partial charge in [0.25, 0.3) is 5.56 Å². The van der Waals surface area contributed by atoms with Crippen LogP contribution < -0.4 is 10.9 Å². The SMILES string of the molecule is Cc1cc(=O)n2c(CCNC(=O)CC3CCCC3)csc2n1. The fourth-order valence-electron chi connectivity index (χ4n) is 3.14. The van der Waals surface area contributed by atoms with E-state index in [1.54, 1.807) is 10.5 Å². The van der Waals surface area contributed by atoms with Gasteiger partial charge in [0.15, 0.2) is 4.96 Å². The number of hydrogen-bond acceptors (Lipinski definition) is 4. The average molecular weight is 319 g/mol. The van der Waals surface area contributed by atoms with Crippen molar-refractivity contribution >= 4 is 22.2 Å². The topological polar surface area (TPSA) is 63.5 Å². The summed E-state index contributed by atoms with van der Waals surface area (Å²) in [6.45, 7) is 2.39. The normalized spacial score (nSPS) is 15.5. The number of aryl methyl sites for hydroxylation is 1. The summed E-state index contributed by atoms with van der Waals surface area (Å²) in [6.07, 6.45) is 6.18. The maximum atomic E-state index is 12.1. The van der Waals surface area contributed by atoms with Crippen molar-refractivity contribution in [3.63, 3.8) is 0 Å². The van der Waals surface area contributed by atoms with E-state index >= 15 is 0 Å². The van der Waals surface area contributed by atoms with Gasteiger partial charge in [0.05, 0.1) is 0 Å². The van der Waals surface area contributed by atoms with Gasteiger partial charge < -0.3 is 5.32 Å². The van der Waals surface area contributed by atoms with Gasteiger partial charge in [0.1, 0.15) is 0 Å². The average Bonchev–Trinajstić information content (AvgIpc) is 3.08. The number of hydrogen-bond donors (Lipinski definition) is 1. The third kappa shape index (κ3) is 3.38. The Balaban J connectivity index is 1.57. The van der Waals surface area contributed by atoms with Crippen LogP contribution in [0.4, 0.5) is 0 Å². The number of nitrogens with one attached hydrogen (secondary N) is 1. The predicted molar refractivity (Wildman–Crippen MR) is 87.4 cm³/mol. The van der Waals surface area contributed by atoms with E-state index in [-0.39, 0.29) is 11.5 Å². The first-order valence-electron chi connectivity index (χ1n) is 7.87. The smallest absolute Gasteiger partial charge is 0.258 e. The summed E-state index contributed by atoms with van der Waals surface area (Å²) in [5.41, 5.74) is 1.61. The van der Waals surface area contributed by atoms with Crippen molar-refractivity contribution in [2.24, 2.45) is 5.92 Å². The summed E-state index contributed by atoms with van der Waals surface area (Å²) in [5.74, 6) is 0.699. The molecule has 1 aliphatic rings. The Bertz CT molecular complexity index is 729. The fourth-order valence-corrected chi connectivity index (χ4v) is 4.11. The van der Waals surface area contributed by atoms with E-state index in [1.165, 1.54) is 37.0 Å². The van der Waals surface area contributed by atoms with Crippen LogP contribution in [0.3, 0.4) is 0 Å². The number of amides is 1.